The van der Waals surface area contributed by atoms with Crippen molar-refractivity contribution in [3.05, 3.63) is 35.4 Å². The number of benzene rings is 1. The number of guanidine groups is 1. The molecule has 2 rings (SSSR count). The highest BCUT2D eigenvalue weighted by Crippen LogP contribution is 2.18. The molecule has 1 aliphatic heterocycles. The second-order valence-electron chi connectivity index (χ2n) is 7.50. The van der Waals surface area contributed by atoms with Gasteiger partial charge in [0.15, 0.2) is 5.96 Å². The molecule has 0 aromatic heterocycles. The van der Waals surface area contributed by atoms with Gasteiger partial charge in [-0.3, -0.25) is 4.90 Å². The molecule has 0 aliphatic carbocycles. The lowest BCUT2D eigenvalue weighted by Crippen LogP contribution is -2.45. The topological polar surface area (TPSA) is 85.8 Å². The van der Waals surface area contributed by atoms with Crippen molar-refractivity contribution in [1.82, 2.24) is 20.3 Å². The van der Waals surface area contributed by atoms with Gasteiger partial charge in [0.05, 0.1) is 12.3 Å². The highest BCUT2D eigenvalue weighted by Gasteiger charge is 2.19. The Hall–Kier alpha value is -1.64. The fraction of sp³-hybridized carbons (Fsp3) is 0.667. The van der Waals surface area contributed by atoms with Gasteiger partial charge in [-0.15, -0.1) is 0 Å². The Morgan fingerprint density at radius 3 is 2.72 bits per heavy atom. The summed E-state index contributed by atoms with van der Waals surface area (Å²) in [5, 5.41) is 6.73. The van der Waals surface area contributed by atoms with Crippen molar-refractivity contribution in [2.45, 2.75) is 57.9 Å². The van der Waals surface area contributed by atoms with Gasteiger partial charge < -0.3 is 10.6 Å². The van der Waals surface area contributed by atoms with Gasteiger partial charge in [0.1, 0.15) is 0 Å². The lowest BCUT2D eigenvalue weighted by Gasteiger charge is -2.35. The molecule has 1 aromatic carbocycles. The SMILES string of the molecule is CCNC(=NCc1cccc(CS(=O)(=O)NC)c1)NCCN1CCCCC1CC. The molecule has 0 bridgehead atoms. The molecular formula is C21H37N5O2S. The van der Waals surface area contributed by atoms with E-state index in [0.717, 1.165) is 36.7 Å². The molecule has 1 unspecified atom stereocenters. The van der Waals surface area contributed by atoms with Crippen LogP contribution in [0.15, 0.2) is 29.3 Å². The third kappa shape index (κ3) is 8.32. The number of hydrogen-bond donors (Lipinski definition) is 3. The molecular weight excluding hydrogens is 386 g/mol. The molecule has 1 aliphatic rings. The zero-order valence-corrected chi connectivity index (χ0v) is 18.9. The maximum Gasteiger partial charge on any atom is 0.215 e. The van der Waals surface area contributed by atoms with Crippen molar-refractivity contribution in [1.29, 1.82) is 0 Å². The predicted octanol–water partition coefficient (Wildman–Crippen LogP) is 2.06. The summed E-state index contributed by atoms with van der Waals surface area (Å²) < 4.78 is 25.9. The van der Waals surface area contributed by atoms with E-state index in [4.69, 9.17) is 0 Å². The molecule has 1 aromatic rings. The van der Waals surface area contributed by atoms with Crippen molar-refractivity contribution in [2.24, 2.45) is 4.99 Å². The van der Waals surface area contributed by atoms with Crippen molar-refractivity contribution >= 4 is 16.0 Å². The van der Waals surface area contributed by atoms with E-state index in [0.29, 0.717) is 12.6 Å². The summed E-state index contributed by atoms with van der Waals surface area (Å²) in [5.41, 5.74) is 1.76. The Morgan fingerprint density at radius 2 is 2.00 bits per heavy atom. The maximum absolute atomic E-state index is 11.8. The van der Waals surface area contributed by atoms with Gasteiger partial charge >= 0.3 is 0 Å². The van der Waals surface area contributed by atoms with Gasteiger partial charge in [0.2, 0.25) is 10.0 Å². The molecule has 1 saturated heterocycles. The molecule has 8 heteroatoms. The van der Waals surface area contributed by atoms with Crippen LogP contribution in [0.1, 0.15) is 50.7 Å². The first-order valence-corrected chi connectivity index (χ1v) is 12.4. The zero-order chi connectivity index (χ0) is 21.1. The minimum Gasteiger partial charge on any atom is -0.357 e. The third-order valence-corrected chi connectivity index (χ3v) is 6.67. The minimum atomic E-state index is -3.27. The second kappa shape index (κ2) is 12.1. The van der Waals surface area contributed by atoms with Gasteiger partial charge in [-0.1, -0.05) is 37.6 Å². The van der Waals surface area contributed by atoms with E-state index in [1.165, 1.54) is 39.3 Å². The van der Waals surface area contributed by atoms with E-state index >= 15 is 0 Å². The minimum absolute atomic E-state index is 0.0200. The lowest BCUT2D eigenvalue weighted by molar-refractivity contribution is 0.147. The van der Waals surface area contributed by atoms with Gasteiger partial charge in [-0.05, 0) is 50.9 Å². The van der Waals surface area contributed by atoms with E-state index in [-0.39, 0.29) is 5.75 Å². The molecule has 3 N–H and O–H groups in total. The van der Waals surface area contributed by atoms with Crippen LogP contribution in [0.25, 0.3) is 0 Å². The quantitative estimate of drug-likeness (QED) is 0.396. The Kier molecular flexibility index (Phi) is 9.90. The Labute approximate surface area is 176 Å². The van der Waals surface area contributed by atoms with Crippen molar-refractivity contribution in [3.63, 3.8) is 0 Å². The van der Waals surface area contributed by atoms with Crippen LogP contribution in [0.2, 0.25) is 0 Å². The fourth-order valence-corrected chi connectivity index (χ4v) is 4.52. The van der Waals surface area contributed by atoms with Gasteiger partial charge in [0, 0.05) is 25.7 Å². The number of piperidine rings is 1. The van der Waals surface area contributed by atoms with Crippen LogP contribution in [-0.2, 0) is 22.3 Å². The summed E-state index contributed by atoms with van der Waals surface area (Å²) in [5.74, 6) is 0.777. The number of hydrogen-bond acceptors (Lipinski definition) is 4. The van der Waals surface area contributed by atoms with Crippen LogP contribution < -0.4 is 15.4 Å². The summed E-state index contributed by atoms with van der Waals surface area (Å²) in [6, 6.07) is 8.30. The zero-order valence-electron chi connectivity index (χ0n) is 18.1. The van der Waals surface area contributed by atoms with Crippen LogP contribution in [0.4, 0.5) is 0 Å². The molecule has 1 atom stereocenters. The molecule has 164 valence electrons. The van der Waals surface area contributed by atoms with Crippen LogP contribution in [0, 0.1) is 0 Å². The first-order valence-electron chi connectivity index (χ1n) is 10.7. The molecule has 1 heterocycles. The number of sulfonamides is 1. The Bertz CT molecular complexity index is 751. The Balaban J connectivity index is 1.91. The molecule has 29 heavy (non-hydrogen) atoms. The van der Waals surface area contributed by atoms with Crippen LogP contribution in [-0.4, -0.2) is 58.5 Å². The third-order valence-electron chi connectivity index (χ3n) is 5.33. The summed E-state index contributed by atoms with van der Waals surface area (Å²) in [7, 11) is -1.84. The number of nitrogens with one attached hydrogen (secondary N) is 3. The molecule has 0 spiro atoms. The summed E-state index contributed by atoms with van der Waals surface area (Å²) in [6.07, 6.45) is 5.17. The van der Waals surface area contributed by atoms with Crippen molar-refractivity contribution in [2.75, 3.05) is 33.2 Å². The van der Waals surface area contributed by atoms with Gasteiger partial charge in [-0.25, -0.2) is 18.1 Å². The highest BCUT2D eigenvalue weighted by molar-refractivity contribution is 7.88. The highest BCUT2D eigenvalue weighted by atomic mass is 32.2. The normalized spacial score (nSPS) is 18.6. The van der Waals surface area contributed by atoms with E-state index in [1.807, 2.05) is 24.3 Å². The first-order chi connectivity index (χ1) is 14.0. The van der Waals surface area contributed by atoms with E-state index in [1.54, 1.807) is 0 Å². The average Bonchev–Trinajstić information content (AvgIpc) is 2.72. The molecule has 7 nitrogen and oxygen atoms in total. The number of rotatable bonds is 10. The monoisotopic (exact) mass is 423 g/mol. The Morgan fingerprint density at radius 1 is 1.21 bits per heavy atom. The largest absolute Gasteiger partial charge is 0.357 e. The van der Waals surface area contributed by atoms with Crippen LogP contribution in [0.3, 0.4) is 0 Å². The summed E-state index contributed by atoms with van der Waals surface area (Å²) in [4.78, 5) is 7.26. The summed E-state index contributed by atoms with van der Waals surface area (Å²) in [6.45, 7) is 8.72. The van der Waals surface area contributed by atoms with Crippen molar-refractivity contribution < 1.29 is 8.42 Å². The predicted molar refractivity (Wildman–Crippen MR) is 120 cm³/mol. The number of nitrogens with zero attached hydrogens (tertiary/aromatic N) is 2. The smallest absolute Gasteiger partial charge is 0.215 e. The summed E-state index contributed by atoms with van der Waals surface area (Å²) >= 11 is 0. The number of aliphatic imine (C=N–C) groups is 1. The fourth-order valence-electron chi connectivity index (χ4n) is 3.76. The van der Waals surface area contributed by atoms with E-state index in [2.05, 4.69) is 39.1 Å². The van der Waals surface area contributed by atoms with E-state index < -0.39 is 10.0 Å². The van der Waals surface area contributed by atoms with Gasteiger partial charge in [-0.2, -0.15) is 0 Å². The van der Waals surface area contributed by atoms with Crippen molar-refractivity contribution in [3.8, 4) is 0 Å². The second-order valence-corrected chi connectivity index (χ2v) is 9.43. The van der Waals surface area contributed by atoms with Crippen LogP contribution in [0.5, 0.6) is 0 Å². The number of likely N-dealkylation sites (tertiary alicyclic amines) is 1. The molecule has 1 fully saturated rings. The van der Waals surface area contributed by atoms with E-state index in [9.17, 15) is 8.42 Å². The van der Waals surface area contributed by atoms with Crippen LogP contribution >= 0.6 is 0 Å². The molecule has 0 radical (unpaired) electrons. The maximum atomic E-state index is 11.8. The molecule has 0 amide bonds. The first kappa shape index (κ1) is 23.6. The standard InChI is InChI=1S/C21H37N5O2S/c1-4-20-11-6-7-13-26(20)14-12-24-21(23-5-2)25-16-18-9-8-10-19(15-18)17-29(27,28)22-3/h8-10,15,20,22H,4-7,11-14,16-17H2,1-3H3,(H2,23,24,25). The molecule has 0 saturated carbocycles. The van der Waals surface area contributed by atoms with Gasteiger partial charge in [0.25, 0.3) is 0 Å². The lowest BCUT2D eigenvalue weighted by atomic mass is 10.0. The average molecular weight is 424 g/mol.